The molecule has 3 N–H and O–H groups in total. The number of nitrogens with two attached hydrogens (primary N) is 1. The van der Waals surface area contributed by atoms with Crippen LogP contribution in [0.25, 0.3) is 0 Å². The molecule has 0 saturated heterocycles. The second-order valence-electron chi connectivity index (χ2n) is 4.57. The minimum absolute atomic E-state index is 0.0624. The summed E-state index contributed by atoms with van der Waals surface area (Å²) in [4.78, 5) is 11.9. The lowest BCUT2D eigenvalue weighted by Crippen LogP contribution is -2.32. The summed E-state index contributed by atoms with van der Waals surface area (Å²) in [6, 6.07) is 8.81. The smallest absolute Gasteiger partial charge is 0.230 e. The Bertz CT molecular complexity index is 429. The molecule has 0 fully saturated rings. The highest BCUT2D eigenvalue weighted by atomic mass is 16.2. The number of benzene rings is 1. The first kappa shape index (κ1) is 13.2. The average molecular weight is 231 g/mol. The monoisotopic (exact) mass is 231 g/mol. The molecular weight excluding hydrogens is 214 g/mol. The van der Waals surface area contributed by atoms with E-state index in [1.165, 1.54) is 0 Å². The number of nitriles is 1. The fraction of sp³-hybridized carbons (Fsp3) is 0.385. The van der Waals surface area contributed by atoms with Crippen LogP contribution in [-0.2, 0) is 4.79 Å². The van der Waals surface area contributed by atoms with Crippen LogP contribution in [0.4, 0.5) is 5.69 Å². The number of carbonyl (C=O) groups excluding carboxylic acids is 1. The zero-order chi connectivity index (χ0) is 12.9. The molecule has 0 spiro atoms. The number of carbonyl (C=O) groups is 1. The third kappa shape index (κ3) is 3.58. The Morgan fingerprint density at radius 3 is 2.47 bits per heavy atom. The molecule has 0 bridgehead atoms. The first-order valence-corrected chi connectivity index (χ1v) is 5.51. The van der Waals surface area contributed by atoms with Crippen molar-refractivity contribution >= 4 is 11.6 Å². The topological polar surface area (TPSA) is 78.9 Å². The van der Waals surface area contributed by atoms with Gasteiger partial charge < -0.3 is 11.1 Å². The van der Waals surface area contributed by atoms with Gasteiger partial charge in [0.15, 0.2) is 0 Å². The standard InChI is InChI=1S/C13H17N3O/c1-13(2,7-8-14)12(17)16-11-5-3-10(9-15)4-6-11/h3-6H,7-8,14H2,1-2H3,(H,16,17). The third-order valence-corrected chi connectivity index (χ3v) is 2.66. The van der Waals surface area contributed by atoms with Gasteiger partial charge >= 0.3 is 0 Å². The molecule has 17 heavy (non-hydrogen) atoms. The number of nitrogens with zero attached hydrogens (tertiary/aromatic N) is 1. The molecule has 4 heteroatoms. The molecular formula is C13H17N3O. The fourth-order valence-electron chi connectivity index (χ4n) is 1.40. The minimum Gasteiger partial charge on any atom is -0.330 e. The van der Waals surface area contributed by atoms with Gasteiger partial charge in [-0.05, 0) is 37.2 Å². The summed E-state index contributed by atoms with van der Waals surface area (Å²) in [7, 11) is 0. The molecule has 4 nitrogen and oxygen atoms in total. The van der Waals surface area contributed by atoms with E-state index in [-0.39, 0.29) is 5.91 Å². The molecule has 1 amide bonds. The molecule has 0 atom stereocenters. The molecule has 0 aliphatic carbocycles. The summed E-state index contributed by atoms with van der Waals surface area (Å²) < 4.78 is 0. The lowest BCUT2D eigenvalue weighted by molar-refractivity contribution is -0.124. The lowest BCUT2D eigenvalue weighted by atomic mass is 9.88. The summed E-state index contributed by atoms with van der Waals surface area (Å²) in [6.45, 7) is 4.20. The molecule has 0 unspecified atom stereocenters. The third-order valence-electron chi connectivity index (χ3n) is 2.66. The molecule has 0 heterocycles. The van der Waals surface area contributed by atoms with Crippen molar-refractivity contribution in [2.24, 2.45) is 11.1 Å². The summed E-state index contributed by atoms with van der Waals surface area (Å²) >= 11 is 0. The summed E-state index contributed by atoms with van der Waals surface area (Å²) in [5.74, 6) is -0.0624. The maximum absolute atomic E-state index is 11.9. The van der Waals surface area contributed by atoms with E-state index in [1.54, 1.807) is 24.3 Å². The number of amides is 1. The van der Waals surface area contributed by atoms with Gasteiger partial charge in [0.05, 0.1) is 11.6 Å². The molecule has 0 radical (unpaired) electrons. The van der Waals surface area contributed by atoms with Crippen molar-refractivity contribution in [1.29, 1.82) is 5.26 Å². The number of hydrogen-bond donors (Lipinski definition) is 2. The quantitative estimate of drug-likeness (QED) is 0.830. The molecule has 1 aromatic rings. The Morgan fingerprint density at radius 2 is 2.00 bits per heavy atom. The van der Waals surface area contributed by atoms with Gasteiger partial charge in [0, 0.05) is 11.1 Å². The summed E-state index contributed by atoms with van der Waals surface area (Å²) in [5, 5.41) is 11.5. The van der Waals surface area contributed by atoms with Gasteiger partial charge in [-0.3, -0.25) is 4.79 Å². The maximum Gasteiger partial charge on any atom is 0.230 e. The van der Waals surface area contributed by atoms with Crippen LogP contribution >= 0.6 is 0 Å². The van der Waals surface area contributed by atoms with Crippen LogP contribution in [0, 0.1) is 16.7 Å². The van der Waals surface area contributed by atoms with E-state index in [1.807, 2.05) is 19.9 Å². The van der Waals surface area contributed by atoms with E-state index in [0.29, 0.717) is 24.2 Å². The van der Waals surface area contributed by atoms with Crippen molar-refractivity contribution < 1.29 is 4.79 Å². The Labute approximate surface area is 101 Å². The van der Waals surface area contributed by atoms with Gasteiger partial charge in [-0.1, -0.05) is 13.8 Å². The van der Waals surface area contributed by atoms with Crippen LogP contribution in [0.15, 0.2) is 24.3 Å². The largest absolute Gasteiger partial charge is 0.330 e. The van der Waals surface area contributed by atoms with Crippen LogP contribution in [0.2, 0.25) is 0 Å². The summed E-state index contributed by atoms with van der Waals surface area (Å²) in [6.07, 6.45) is 0.634. The first-order valence-electron chi connectivity index (χ1n) is 5.51. The summed E-state index contributed by atoms with van der Waals surface area (Å²) in [5.41, 5.74) is 6.25. The van der Waals surface area contributed by atoms with Gasteiger partial charge in [-0.2, -0.15) is 5.26 Å². The van der Waals surface area contributed by atoms with Crippen LogP contribution in [0.5, 0.6) is 0 Å². The van der Waals surface area contributed by atoms with Gasteiger partial charge in [0.25, 0.3) is 0 Å². The van der Waals surface area contributed by atoms with Crippen molar-refractivity contribution in [2.75, 3.05) is 11.9 Å². The van der Waals surface area contributed by atoms with E-state index < -0.39 is 5.41 Å². The van der Waals surface area contributed by atoms with Crippen molar-refractivity contribution in [3.8, 4) is 6.07 Å². The van der Waals surface area contributed by atoms with Crippen LogP contribution in [0.3, 0.4) is 0 Å². The zero-order valence-electron chi connectivity index (χ0n) is 10.2. The Balaban J connectivity index is 2.71. The molecule has 0 aliphatic rings. The molecule has 0 aliphatic heterocycles. The highest BCUT2D eigenvalue weighted by Crippen LogP contribution is 2.22. The number of rotatable bonds is 4. The zero-order valence-corrected chi connectivity index (χ0v) is 10.2. The molecule has 1 rings (SSSR count). The van der Waals surface area contributed by atoms with Gasteiger partial charge in [0.2, 0.25) is 5.91 Å². The van der Waals surface area contributed by atoms with Gasteiger partial charge in [-0.25, -0.2) is 0 Å². The van der Waals surface area contributed by atoms with Crippen molar-refractivity contribution in [3.63, 3.8) is 0 Å². The number of anilines is 1. The number of nitrogens with one attached hydrogen (secondary N) is 1. The van der Waals surface area contributed by atoms with Crippen molar-refractivity contribution in [2.45, 2.75) is 20.3 Å². The Morgan fingerprint density at radius 1 is 1.41 bits per heavy atom. The maximum atomic E-state index is 11.9. The molecule has 90 valence electrons. The predicted octanol–water partition coefficient (Wildman–Crippen LogP) is 1.87. The normalized spacial score (nSPS) is 10.7. The van der Waals surface area contributed by atoms with E-state index in [9.17, 15) is 4.79 Å². The average Bonchev–Trinajstić information content (AvgIpc) is 2.30. The van der Waals surface area contributed by atoms with Crippen LogP contribution in [-0.4, -0.2) is 12.5 Å². The lowest BCUT2D eigenvalue weighted by Gasteiger charge is -2.22. The highest BCUT2D eigenvalue weighted by Gasteiger charge is 2.26. The van der Waals surface area contributed by atoms with Crippen LogP contribution < -0.4 is 11.1 Å². The van der Waals surface area contributed by atoms with E-state index in [0.717, 1.165) is 0 Å². The van der Waals surface area contributed by atoms with Crippen molar-refractivity contribution in [3.05, 3.63) is 29.8 Å². The fourth-order valence-corrected chi connectivity index (χ4v) is 1.40. The minimum atomic E-state index is -0.483. The number of hydrogen-bond acceptors (Lipinski definition) is 3. The Hall–Kier alpha value is -1.86. The second-order valence-corrected chi connectivity index (χ2v) is 4.57. The second kappa shape index (κ2) is 5.46. The van der Waals surface area contributed by atoms with Crippen LogP contribution in [0.1, 0.15) is 25.8 Å². The van der Waals surface area contributed by atoms with Gasteiger partial charge in [0.1, 0.15) is 0 Å². The van der Waals surface area contributed by atoms with E-state index in [4.69, 9.17) is 11.0 Å². The van der Waals surface area contributed by atoms with Gasteiger partial charge in [-0.15, -0.1) is 0 Å². The Kier molecular flexibility index (Phi) is 4.24. The van der Waals surface area contributed by atoms with Crippen molar-refractivity contribution in [1.82, 2.24) is 0 Å². The molecule has 1 aromatic carbocycles. The predicted molar refractivity (Wildman–Crippen MR) is 67.2 cm³/mol. The van der Waals surface area contributed by atoms with E-state index >= 15 is 0 Å². The first-order chi connectivity index (χ1) is 7.99. The molecule has 0 aromatic heterocycles. The SMILES string of the molecule is CC(C)(CCN)C(=O)Nc1ccc(C#N)cc1. The highest BCUT2D eigenvalue weighted by molar-refractivity contribution is 5.94. The van der Waals surface area contributed by atoms with E-state index in [2.05, 4.69) is 5.32 Å². The molecule has 0 saturated carbocycles.